The lowest BCUT2D eigenvalue weighted by atomic mass is 10.2. The fraction of sp³-hybridized carbons (Fsp3) is 0.348. The van der Waals surface area contributed by atoms with Gasteiger partial charge in [-0.25, -0.2) is 0 Å². The first kappa shape index (κ1) is 19.7. The van der Waals surface area contributed by atoms with Crippen LogP contribution in [0.3, 0.4) is 0 Å². The number of rotatable bonds is 5. The van der Waals surface area contributed by atoms with Gasteiger partial charge < -0.3 is 19.7 Å². The number of anilines is 2. The number of carbonyl (C=O) groups excluding carboxylic acids is 1. The SMILES string of the molecule is Cc1cc(C(=O)Nc2ccc(N3CCN(C)CC3)cc2)c(C)n1Cc1cccs1. The molecule has 29 heavy (non-hydrogen) atoms. The third-order valence-electron chi connectivity index (χ3n) is 5.71. The molecule has 1 amide bonds. The summed E-state index contributed by atoms with van der Waals surface area (Å²) < 4.78 is 2.21. The zero-order valence-corrected chi connectivity index (χ0v) is 18.1. The maximum Gasteiger partial charge on any atom is 0.257 e. The second kappa shape index (κ2) is 8.43. The lowest BCUT2D eigenvalue weighted by Crippen LogP contribution is -2.44. The van der Waals surface area contributed by atoms with Crippen molar-refractivity contribution in [2.24, 2.45) is 0 Å². The fourth-order valence-electron chi connectivity index (χ4n) is 3.85. The van der Waals surface area contributed by atoms with E-state index in [-0.39, 0.29) is 5.91 Å². The summed E-state index contributed by atoms with van der Waals surface area (Å²) in [5.41, 5.74) is 4.89. The molecule has 1 fully saturated rings. The predicted octanol–water partition coefficient (Wildman–Crippen LogP) is 4.22. The van der Waals surface area contributed by atoms with E-state index < -0.39 is 0 Å². The molecular formula is C23H28N4OS. The summed E-state index contributed by atoms with van der Waals surface area (Å²) in [5, 5.41) is 5.15. The number of likely N-dealkylation sites (N-methyl/N-ethyl adjacent to an activating group) is 1. The summed E-state index contributed by atoms with van der Waals surface area (Å²) in [7, 11) is 2.16. The van der Waals surface area contributed by atoms with Crippen LogP contribution in [0.1, 0.15) is 26.6 Å². The topological polar surface area (TPSA) is 40.5 Å². The van der Waals surface area contributed by atoms with E-state index in [1.54, 1.807) is 11.3 Å². The normalized spacial score (nSPS) is 14.9. The van der Waals surface area contributed by atoms with E-state index in [4.69, 9.17) is 0 Å². The summed E-state index contributed by atoms with van der Waals surface area (Å²) in [5.74, 6) is -0.0529. The minimum atomic E-state index is -0.0529. The smallest absolute Gasteiger partial charge is 0.257 e. The molecule has 6 heteroatoms. The standard InChI is InChI=1S/C23H28N4OS/c1-17-15-22(18(2)27(17)16-21-5-4-14-29-21)23(28)24-19-6-8-20(9-7-19)26-12-10-25(3)11-13-26/h4-9,14-15H,10-13,16H2,1-3H3,(H,24,28). The Kier molecular flexibility index (Phi) is 5.74. The highest BCUT2D eigenvalue weighted by Crippen LogP contribution is 2.22. The molecule has 0 saturated carbocycles. The molecule has 152 valence electrons. The molecule has 1 aliphatic rings. The highest BCUT2D eigenvalue weighted by molar-refractivity contribution is 7.09. The van der Waals surface area contributed by atoms with Crippen LogP contribution in [0.15, 0.2) is 47.8 Å². The molecule has 1 saturated heterocycles. The van der Waals surface area contributed by atoms with Gasteiger partial charge in [-0.15, -0.1) is 11.3 Å². The zero-order valence-electron chi connectivity index (χ0n) is 17.3. The number of aryl methyl sites for hydroxylation is 1. The Labute approximate surface area is 176 Å². The number of piperazine rings is 1. The van der Waals surface area contributed by atoms with Gasteiger partial charge in [0, 0.05) is 53.8 Å². The van der Waals surface area contributed by atoms with Gasteiger partial charge in [0.05, 0.1) is 12.1 Å². The second-order valence-electron chi connectivity index (χ2n) is 7.74. The molecule has 0 atom stereocenters. The summed E-state index contributed by atoms with van der Waals surface area (Å²) in [6.07, 6.45) is 0. The van der Waals surface area contributed by atoms with Crippen molar-refractivity contribution in [1.82, 2.24) is 9.47 Å². The molecule has 5 nitrogen and oxygen atoms in total. The summed E-state index contributed by atoms with van der Waals surface area (Å²) >= 11 is 1.74. The molecule has 1 aromatic carbocycles. The van der Waals surface area contributed by atoms with Crippen molar-refractivity contribution in [3.05, 3.63) is 69.7 Å². The first-order chi connectivity index (χ1) is 14.0. The van der Waals surface area contributed by atoms with Gasteiger partial charge in [-0.2, -0.15) is 0 Å². The first-order valence-corrected chi connectivity index (χ1v) is 10.9. The van der Waals surface area contributed by atoms with Crippen molar-refractivity contribution in [2.75, 3.05) is 43.4 Å². The molecule has 0 unspecified atom stereocenters. The number of hydrogen-bond donors (Lipinski definition) is 1. The van der Waals surface area contributed by atoms with Gasteiger partial charge >= 0.3 is 0 Å². The van der Waals surface area contributed by atoms with Crippen LogP contribution in [0.2, 0.25) is 0 Å². The van der Waals surface area contributed by atoms with Crippen LogP contribution in [0.25, 0.3) is 0 Å². The highest BCUT2D eigenvalue weighted by Gasteiger charge is 2.17. The van der Waals surface area contributed by atoms with Crippen LogP contribution in [-0.2, 0) is 6.54 Å². The van der Waals surface area contributed by atoms with Crippen LogP contribution in [0, 0.1) is 13.8 Å². The third kappa shape index (κ3) is 4.38. The Hall–Kier alpha value is -2.57. The first-order valence-electron chi connectivity index (χ1n) is 10.1. The molecule has 2 aromatic heterocycles. The van der Waals surface area contributed by atoms with E-state index in [2.05, 4.69) is 63.3 Å². The molecular weight excluding hydrogens is 380 g/mol. The van der Waals surface area contributed by atoms with E-state index >= 15 is 0 Å². The van der Waals surface area contributed by atoms with Gasteiger partial charge in [0.2, 0.25) is 0 Å². The maximum absolute atomic E-state index is 12.9. The van der Waals surface area contributed by atoms with E-state index in [1.165, 1.54) is 10.6 Å². The number of thiophene rings is 1. The minimum absolute atomic E-state index is 0.0529. The zero-order chi connectivity index (χ0) is 20.4. The van der Waals surface area contributed by atoms with Gasteiger partial charge in [0.1, 0.15) is 0 Å². The van der Waals surface area contributed by atoms with Crippen LogP contribution in [0.4, 0.5) is 11.4 Å². The van der Waals surface area contributed by atoms with Crippen LogP contribution >= 0.6 is 11.3 Å². The van der Waals surface area contributed by atoms with Crippen molar-refractivity contribution in [3.8, 4) is 0 Å². The molecule has 3 aromatic rings. The lowest BCUT2D eigenvalue weighted by Gasteiger charge is -2.34. The molecule has 0 spiro atoms. The molecule has 3 heterocycles. The quantitative estimate of drug-likeness (QED) is 0.687. The molecule has 1 N–H and O–H groups in total. The Morgan fingerprint density at radius 3 is 2.45 bits per heavy atom. The molecule has 4 rings (SSSR count). The number of nitrogens with one attached hydrogen (secondary N) is 1. The van der Waals surface area contributed by atoms with E-state index in [0.29, 0.717) is 0 Å². The van der Waals surface area contributed by atoms with E-state index in [9.17, 15) is 4.79 Å². The molecule has 1 aliphatic heterocycles. The minimum Gasteiger partial charge on any atom is -0.369 e. The monoisotopic (exact) mass is 408 g/mol. The average molecular weight is 409 g/mol. The van der Waals surface area contributed by atoms with Gasteiger partial charge in [0.25, 0.3) is 5.91 Å². The number of benzene rings is 1. The molecule has 0 bridgehead atoms. The van der Waals surface area contributed by atoms with Crippen molar-refractivity contribution in [2.45, 2.75) is 20.4 Å². The van der Waals surface area contributed by atoms with Crippen LogP contribution in [0.5, 0.6) is 0 Å². The lowest BCUT2D eigenvalue weighted by molar-refractivity contribution is 0.102. The van der Waals surface area contributed by atoms with Crippen molar-refractivity contribution in [3.63, 3.8) is 0 Å². The van der Waals surface area contributed by atoms with Crippen LogP contribution < -0.4 is 10.2 Å². The number of carbonyl (C=O) groups is 1. The highest BCUT2D eigenvalue weighted by atomic mass is 32.1. The second-order valence-corrected chi connectivity index (χ2v) is 8.77. The van der Waals surface area contributed by atoms with Crippen molar-refractivity contribution < 1.29 is 4.79 Å². The van der Waals surface area contributed by atoms with E-state index in [1.807, 2.05) is 25.1 Å². The fourth-order valence-corrected chi connectivity index (χ4v) is 4.54. The van der Waals surface area contributed by atoms with Gasteiger partial charge in [-0.1, -0.05) is 6.07 Å². The Balaban J connectivity index is 1.44. The number of nitrogens with zero attached hydrogens (tertiary/aromatic N) is 3. The van der Waals surface area contributed by atoms with Gasteiger partial charge in [-0.3, -0.25) is 4.79 Å². The number of aromatic nitrogens is 1. The summed E-state index contributed by atoms with van der Waals surface area (Å²) in [6, 6.07) is 14.4. The Bertz CT molecular complexity index is 967. The Morgan fingerprint density at radius 1 is 1.07 bits per heavy atom. The third-order valence-corrected chi connectivity index (χ3v) is 6.57. The largest absolute Gasteiger partial charge is 0.369 e. The maximum atomic E-state index is 12.9. The van der Waals surface area contributed by atoms with Crippen LogP contribution in [-0.4, -0.2) is 48.6 Å². The average Bonchev–Trinajstić information content (AvgIpc) is 3.33. The molecule has 0 radical (unpaired) electrons. The predicted molar refractivity (Wildman–Crippen MR) is 121 cm³/mol. The van der Waals surface area contributed by atoms with Gasteiger partial charge in [0.15, 0.2) is 0 Å². The van der Waals surface area contributed by atoms with Crippen molar-refractivity contribution >= 4 is 28.6 Å². The number of hydrogen-bond acceptors (Lipinski definition) is 4. The number of amides is 1. The van der Waals surface area contributed by atoms with Gasteiger partial charge in [-0.05, 0) is 62.7 Å². The Morgan fingerprint density at radius 2 is 1.79 bits per heavy atom. The van der Waals surface area contributed by atoms with E-state index in [0.717, 1.165) is 55.4 Å². The summed E-state index contributed by atoms with van der Waals surface area (Å²) in [6.45, 7) is 9.13. The molecule has 0 aliphatic carbocycles. The van der Waals surface area contributed by atoms with Crippen molar-refractivity contribution in [1.29, 1.82) is 0 Å². The summed E-state index contributed by atoms with van der Waals surface area (Å²) in [4.78, 5) is 18.9.